The zero-order chi connectivity index (χ0) is 8.93. The van der Waals surface area contributed by atoms with Crippen molar-refractivity contribution in [1.82, 2.24) is 10.6 Å². The zero-order valence-corrected chi connectivity index (χ0v) is 8.47. The summed E-state index contributed by atoms with van der Waals surface area (Å²) in [5, 5.41) is 8.13. The first-order chi connectivity index (χ1) is 6.47. The second-order valence-corrected chi connectivity index (χ2v) is 4.41. The highest BCUT2D eigenvalue weighted by molar-refractivity contribution is 4.80. The van der Waals surface area contributed by atoms with Crippen molar-refractivity contribution in [1.29, 1.82) is 0 Å². The van der Waals surface area contributed by atoms with E-state index in [-0.39, 0.29) is 0 Å². The summed E-state index contributed by atoms with van der Waals surface area (Å²) < 4.78 is 0. The largest absolute Gasteiger partial charge is 0.299 e. The summed E-state index contributed by atoms with van der Waals surface area (Å²) in [6.45, 7) is 2.16. The molecule has 2 rings (SSSR count). The van der Waals surface area contributed by atoms with Gasteiger partial charge in [-0.1, -0.05) is 32.1 Å². The van der Waals surface area contributed by atoms with Gasteiger partial charge in [-0.15, -0.1) is 0 Å². The molecule has 0 bridgehead atoms. The Morgan fingerprint density at radius 2 is 1.62 bits per heavy atom. The Hall–Kier alpha value is -0.0800. The third-order valence-electron chi connectivity index (χ3n) is 3.39. The summed E-state index contributed by atoms with van der Waals surface area (Å²) in [4.78, 5) is 0. The molecule has 0 aromatic carbocycles. The monoisotopic (exact) mass is 181 g/mol. The summed E-state index contributed by atoms with van der Waals surface area (Å²) in [6.07, 6.45) is 10.5. The second-order valence-electron chi connectivity index (χ2n) is 4.41. The van der Waals surface area contributed by atoms with Crippen molar-refractivity contribution in [2.24, 2.45) is 5.92 Å². The summed E-state index contributed by atoms with van der Waals surface area (Å²) in [7, 11) is 0. The smallest absolute Gasteiger partial charge is 0.0765 e. The minimum atomic E-state index is 0.512. The van der Waals surface area contributed by atoms with Crippen molar-refractivity contribution in [3.05, 3.63) is 0 Å². The van der Waals surface area contributed by atoms with E-state index in [0.29, 0.717) is 6.17 Å². The van der Waals surface area contributed by atoms with Gasteiger partial charge in [0.25, 0.3) is 0 Å². The van der Waals surface area contributed by atoms with E-state index in [4.69, 9.17) is 0 Å². The molecule has 2 nitrogen and oxygen atoms in total. The third-order valence-corrected chi connectivity index (χ3v) is 3.39. The van der Waals surface area contributed by atoms with Crippen LogP contribution in [0, 0.1) is 5.92 Å². The Morgan fingerprint density at radius 3 is 2.23 bits per heavy atom. The molecule has 1 radical (unpaired) electrons. The predicted molar refractivity (Wildman–Crippen MR) is 54.6 cm³/mol. The van der Waals surface area contributed by atoms with Crippen molar-refractivity contribution in [3.63, 3.8) is 0 Å². The van der Waals surface area contributed by atoms with Crippen molar-refractivity contribution >= 4 is 0 Å². The number of hydrogen-bond acceptors (Lipinski definition) is 1. The Morgan fingerprint density at radius 1 is 0.923 bits per heavy atom. The van der Waals surface area contributed by atoms with E-state index in [9.17, 15) is 0 Å². The summed E-state index contributed by atoms with van der Waals surface area (Å²) in [6, 6.07) is 0. The second kappa shape index (κ2) is 4.97. The van der Waals surface area contributed by atoms with Crippen LogP contribution in [-0.4, -0.2) is 19.3 Å². The molecule has 1 aliphatic heterocycles. The third kappa shape index (κ3) is 2.68. The number of nitrogens with one attached hydrogen (secondary N) is 1. The van der Waals surface area contributed by atoms with Crippen LogP contribution in [0.15, 0.2) is 0 Å². The molecule has 0 amide bonds. The fourth-order valence-corrected chi connectivity index (χ4v) is 2.60. The first-order valence-corrected chi connectivity index (χ1v) is 5.87. The highest BCUT2D eigenvalue weighted by atomic mass is 15.2. The molecule has 1 saturated heterocycles. The zero-order valence-electron chi connectivity index (χ0n) is 8.47. The van der Waals surface area contributed by atoms with Crippen LogP contribution in [0.2, 0.25) is 0 Å². The van der Waals surface area contributed by atoms with E-state index < -0.39 is 0 Å². The Labute approximate surface area is 81.5 Å². The molecule has 1 unspecified atom stereocenters. The van der Waals surface area contributed by atoms with Crippen LogP contribution in [0.3, 0.4) is 0 Å². The van der Waals surface area contributed by atoms with Gasteiger partial charge in [-0.2, -0.15) is 0 Å². The number of rotatable bonds is 1. The van der Waals surface area contributed by atoms with Gasteiger partial charge in [0, 0.05) is 13.1 Å². The molecule has 0 aromatic rings. The molecule has 0 aromatic heterocycles. The predicted octanol–water partition coefficient (Wildman–Crippen LogP) is 1.88. The Kier molecular flexibility index (Phi) is 3.62. The van der Waals surface area contributed by atoms with Crippen LogP contribution in [0.4, 0.5) is 0 Å². The highest BCUT2D eigenvalue weighted by Gasteiger charge is 2.24. The van der Waals surface area contributed by atoms with Crippen molar-refractivity contribution in [3.8, 4) is 0 Å². The van der Waals surface area contributed by atoms with Crippen LogP contribution < -0.4 is 10.6 Å². The lowest BCUT2D eigenvalue weighted by molar-refractivity contribution is 0.285. The van der Waals surface area contributed by atoms with Gasteiger partial charge in [0.2, 0.25) is 0 Å². The van der Waals surface area contributed by atoms with Crippen LogP contribution in [0.5, 0.6) is 0 Å². The minimum absolute atomic E-state index is 0.512. The van der Waals surface area contributed by atoms with Gasteiger partial charge in [0.05, 0.1) is 6.17 Å². The number of hydrogen-bond donors (Lipinski definition) is 1. The molecule has 1 aliphatic carbocycles. The average molecular weight is 181 g/mol. The number of nitrogens with zero attached hydrogens (tertiary/aromatic N) is 1. The van der Waals surface area contributed by atoms with Crippen LogP contribution >= 0.6 is 0 Å². The molecule has 1 saturated carbocycles. The maximum Gasteiger partial charge on any atom is 0.0765 e. The lowest BCUT2D eigenvalue weighted by atomic mass is 9.89. The molecule has 2 heteroatoms. The van der Waals surface area contributed by atoms with E-state index in [1.807, 2.05) is 0 Å². The summed E-state index contributed by atoms with van der Waals surface area (Å²) in [5.41, 5.74) is 0. The molecule has 2 aliphatic rings. The lowest BCUT2D eigenvalue weighted by Gasteiger charge is -2.24. The normalized spacial score (nSPS) is 28.6. The van der Waals surface area contributed by atoms with Crippen molar-refractivity contribution in [2.45, 2.75) is 51.1 Å². The van der Waals surface area contributed by atoms with E-state index in [1.165, 1.54) is 44.9 Å². The first-order valence-electron chi connectivity index (χ1n) is 5.87. The van der Waals surface area contributed by atoms with Crippen LogP contribution in [-0.2, 0) is 0 Å². The van der Waals surface area contributed by atoms with Crippen LogP contribution in [0.1, 0.15) is 44.9 Å². The van der Waals surface area contributed by atoms with E-state index >= 15 is 0 Å². The van der Waals surface area contributed by atoms with Gasteiger partial charge >= 0.3 is 0 Å². The molecule has 1 atom stereocenters. The maximum absolute atomic E-state index is 4.62. The lowest BCUT2D eigenvalue weighted by Crippen LogP contribution is -2.35. The Bertz CT molecular complexity index is 133. The van der Waals surface area contributed by atoms with Gasteiger partial charge in [-0.3, -0.25) is 5.32 Å². The minimum Gasteiger partial charge on any atom is -0.299 e. The molecular formula is C11H21N2. The van der Waals surface area contributed by atoms with E-state index in [2.05, 4.69) is 10.6 Å². The SMILES string of the molecule is C1CCCC(C2[N]CCN2)CCC1. The molecule has 13 heavy (non-hydrogen) atoms. The average Bonchev–Trinajstić information content (AvgIpc) is 2.55. The molecule has 1 N–H and O–H groups in total. The maximum atomic E-state index is 4.62. The molecule has 75 valence electrons. The topological polar surface area (TPSA) is 26.1 Å². The Balaban J connectivity index is 1.80. The quantitative estimate of drug-likeness (QED) is 0.657. The highest BCUT2D eigenvalue weighted by Crippen LogP contribution is 2.25. The van der Waals surface area contributed by atoms with Gasteiger partial charge in [0.15, 0.2) is 0 Å². The van der Waals surface area contributed by atoms with Crippen LogP contribution in [0.25, 0.3) is 0 Å². The van der Waals surface area contributed by atoms with Crippen molar-refractivity contribution in [2.75, 3.05) is 13.1 Å². The molecular weight excluding hydrogens is 160 g/mol. The van der Waals surface area contributed by atoms with Gasteiger partial charge in [0.1, 0.15) is 0 Å². The van der Waals surface area contributed by atoms with E-state index in [1.54, 1.807) is 0 Å². The van der Waals surface area contributed by atoms with Gasteiger partial charge < -0.3 is 0 Å². The van der Waals surface area contributed by atoms with Gasteiger partial charge in [-0.25, -0.2) is 5.32 Å². The fourth-order valence-electron chi connectivity index (χ4n) is 2.60. The first kappa shape index (κ1) is 9.47. The molecule has 2 fully saturated rings. The van der Waals surface area contributed by atoms with Gasteiger partial charge in [-0.05, 0) is 18.8 Å². The van der Waals surface area contributed by atoms with E-state index in [0.717, 1.165) is 19.0 Å². The van der Waals surface area contributed by atoms with Crippen molar-refractivity contribution < 1.29 is 0 Å². The fraction of sp³-hybridized carbons (Fsp3) is 1.00. The molecule has 0 spiro atoms. The molecule has 1 heterocycles. The summed E-state index contributed by atoms with van der Waals surface area (Å²) in [5.74, 6) is 0.850. The standard InChI is InChI=1S/C11H21N2/c1-2-4-6-10(7-5-3-1)11-12-8-9-13-11/h10-12H,1-9H2. The summed E-state index contributed by atoms with van der Waals surface area (Å²) >= 11 is 0.